The molecule has 0 radical (unpaired) electrons. The van der Waals surface area contributed by atoms with Gasteiger partial charge >= 0.3 is 5.69 Å². The van der Waals surface area contributed by atoms with E-state index < -0.39 is 0 Å². The molecule has 0 atom stereocenters. The monoisotopic (exact) mass is 207 g/mol. The van der Waals surface area contributed by atoms with Crippen molar-refractivity contribution in [2.75, 3.05) is 0 Å². The van der Waals surface area contributed by atoms with Crippen LogP contribution in [0.3, 0.4) is 0 Å². The zero-order valence-electron chi connectivity index (χ0n) is 8.79. The summed E-state index contributed by atoms with van der Waals surface area (Å²) in [6.45, 7) is 3.21. The second-order valence-corrected chi connectivity index (χ2v) is 3.42. The lowest BCUT2D eigenvalue weighted by Gasteiger charge is -2.03. The topological polar surface area (TPSA) is 57.6 Å². The Kier molecular flexibility index (Phi) is 2.40. The first-order valence-electron chi connectivity index (χ1n) is 4.74. The SMILES string of the molecule is Cc1nccn1CCn1ncn(C)c1=O. The van der Waals surface area contributed by atoms with Crippen molar-refractivity contribution in [1.82, 2.24) is 23.9 Å². The molecule has 0 fully saturated rings. The Morgan fingerprint density at radius 3 is 2.73 bits per heavy atom. The van der Waals surface area contributed by atoms with Crippen LogP contribution in [0.2, 0.25) is 0 Å². The molecule has 0 N–H and O–H groups in total. The molecule has 0 bridgehead atoms. The first-order valence-corrected chi connectivity index (χ1v) is 4.74. The van der Waals surface area contributed by atoms with Crippen molar-refractivity contribution in [3.63, 3.8) is 0 Å². The molecule has 6 nitrogen and oxygen atoms in total. The average molecular weight is 207 g/mol. The predicted molar refractivity (Wildman–Crippen MR) is 54.4 cm³/mol. The van der Waals surface area contributed by atoms with E-state index in [0.29, 0.717) is 13.1 Å². The normalized spacial score (nSPS) is 10.8. The number of nitrogens with zero attached hydrogens (tertiary/aromatic N) is 5. The molecule has 2 rings (SSSR count). The molecule has 0 aliphatic rings. The van der Waals surface area contributed by atoms with Gasteiger partial charge in [-0.1, -0.05) is 0 Å². The zero-order chi connectivity index (χ0) is 10.8. The first kappa shape index (κ1) is 9.70. The number of aromatic nitrogens is 5. The summed E-state index contributed by atoms with van der Waals surface area (Å²) in [5, 5.41) is 3.98. The zero-order valence-corrected chi connectivity index (χ0v) is 8.79. The van der Waals surface area contributed by atoms with Gasteiger partial charge in [0, 0.05) is 26.0 Å². The van der Waals surface area contributed by atoms with E-state index >= 15 is 0 Å². The van der Waals surface area contributed by atoms with E-state index in [2.05, 4.69) is 10.1 Å². The van der Waals surface area contributed by atoms with E-state index in [4.69, 9.17) is 0 Å². The van der Waals surface area contributed by atoms with Crippen LogP contribution in [0, 0.1) is 6.92 Å². The largest absolute Gasteiger partial charge is 0.345 e. The van der Waals surface area contributed by atoms with Crippen LogP contribution in [-0.2, 0) is 20.1 Å². The quantitative estimate of drug-likeness (QED) is 0.699. The van der Waals surface area contributed by atoms with Gasteiger partial charge in [-0.2, -0.15) is 5.10 Å². The van der Waals surface area contributed by atoms with Gasteiger partial charge in [0.1, 0.15) is 12.2 Å². The molecule has 0 amide bonds. The molecule has 80 valence electrons. The van der Waals surface area contributed by atoms with Crippen LogP contribution in [0.4, 0.5) is 0 Å². The van der Waals surface area contributed by atoms with Crippen molar-refractivity contribution in [3.05, 3.63) is 35.0 Å². The highest BCUT2D eigenvalue weighted by Gasteiger charge is 2.02. The van der Waals surface area contributed by atoms with Crippen molar-refractivity contribution in [2.45, 2.75) is 20.0 Å². The summed E-state index contributed by atoms with van der Waals surface area (Å²) < 4.78 is 4.89. The second kappa shape index (κ2) is 3.72. The van der Waals surface area contributed by atoms with Crippen LogP contribution in [0.1, 0.15) is 5.82 Å². The maximum absolute atomic E-state index is 11.5. The lowest BCUT2D eigenvalue weighted by atomic mass is 10.5. The van der Waals surface area contributed by atoms with Gasteiger partial charge in [-0.3, -0.25) is 4.57 Å². The van der Waals surface area contributed by atoms with Crippen LogP contribution in [0.5, 0.6) is 0 Å². The van der Waals surface area contributed by atoms with E-state index in [1.807, 2.05) is 17.7 Å². The third kappa shape index (κ3) is 1.83. The molecular formula is C9H13N5O. The summed E-state index contributed by atoms with van der Waals surface area (Å²) in [5.41, 5.74) is -0.0900. The van der Waals surface area contributed by atoms with E-state index in [1.165, 1.54) is 15.6 Å². The molecule has 15 heavy (non-hydrogen) atoms. The van der Waals surface area contributed by atoms with Gasteiger partial charge in [0.05, 0.1) is 6.54 Å². The number of hydrogen-bond donors (Lipinski definition) is 0. The highest BCUT2D eigenvalue weighted by Crippen LogP contribution is 1.95. The summed E-state index contributed by atoms with van der Waals surface area (Å²) in [5.74, 6) is 0.944. The third-order valence-corrected chi connectivity index (χ3v) is 2.36. The summed E-state index contributed by atoms with van der Waals surface area (Å²) in [6, 6.07) is 0. The number of aryl methyl sites for hydroxylation is 4. The number of imidazole rings is 1. The average Bonchev–Trinajstić information content (AvgIpc) is 2.74. The van der Waals surface area contributed by atoms with Crippen molar-refractivity contribution in [3.8, 4) is 0 Å². The molecule has 0 spiro atoms. The Morgan fingerprint density at radius 2 is 2.20 bits per heavy atom. The summed E-state index contributed by atoms with van der Waals surface area (Å²) >= 11 is 0. The molecule has 0 aliphatic carbocycles. The molecule has 0 unspecified atom stereocenters. The van der Waals surface area contributed by atoms with E-state index in [-0.39, 0.29) is 5.69 Å². The minimum atomic E-state index is -0.0900. The van der Waals surface area contributed by atoms with Crippen LogP contribution in [0.15, 0.2) is 23.5 Å². The van der Waals surface area contributed by atoms with Crippen LogP contribution in [-0.4, -0.2) is 23.9 Å². The third-order valence-electron chi connectivity index (χ3n) is 2.36. The minimum absolute atomic E-state index is 0.0900. The van der Waals surface area contributed by atoms with Gasteiger partial charge in [0.25, 0.3) is 0 Å². The lowest BCUT2D eigenvalue weighted by molar-refractivity contribution is 0.509. The molecule has 0 saturated carbocycles. The fourth-order valence-corrected chi connectivity index (χ4v) is 1.42. The van der Waals surface area contributed by atoms with Crippen LogP contribution < -0.4 is 5.69 Å². The van der Waals surface area contributed by atoms with Gasteiger partial charge in [0.2, 0.25) is 0 Å². The lowest BCUT2D eigenvalue weighted by Crippen LogP contribution is -2.24. The molecule has 0 saturated heterocycles. The number of hydrogen-bond acceptors (Lipinski definition) is 3. The standard InChI is InChI=1S/C9H13N5O/c1-8-10-3-4-13(8)5-6-14-9(15)12(2)7-11-14/h3-4,7H,5-6H2,1-2H3. The van der Waals surface area contributed by atoms with Gasteiger partial charge < -0.3 is 4.57 Å². The fourth-order valence-electron chi connectivity index (χ4n) is 1.42. The van der Waals surface area contributed by atoms with Crippen LogP contribution >= 0.6 is 0 Å². The Balaban J connectivity index is 2.09. The minimum Gasteiger partial charge on any atom is -0.333 e. The fraction of sp³-hybridized carbons (Fsp3) is 0.444. The summed E-state index contributed by atoms with van der Waals surface area (Å²) in [4.78, 5) is 15.6. The van der Waals surface area contributed by atoms with Gasteiger partial charge in [0.15, 0.2) is 0 Å². The van der Waals surface area contributed by atoms with Gasteiger partial charge in [-0.25, -0.2) is 14.5 Å². The molecule has 0 aromatic carbocycles. The molecule has 6 heteroatoms. The van der Waals surface area contributed by atoms with Crippen molar-refractivity contribution in [1.29, 1.82) is 0 Å². The van der Waals surface area contributed by atoms with Crippen LogP contribution in [0.25, 0.3) is 0 Å². The Labute approximate surface area is 86.8 Å². The molecule has 0 aliphatic heterocycles. The Morgan fingerprint density at radius 1 is 1.40 bits per heavy atom. The molecule has 2 aromatic rings. The Hall–Kier alpha value is -1.85. The second-order valence-electron chi connectivity index (χ2n) is 3.42. The van der Waals surface area contributed by atoms with E-state index in [0.717, 1.165) is 5.82 Å². The van der Waals surface area contributed by atoms with Crippen molar-refractivity contribution in [2.24, 2.45) is 7.05 Å². The highest BCUT2D eigenvalue weighted by molar-refractivity contribution is 4.88. The summed E-state index contributed by atoms with van der Waals surface area (Å²) in [6.07, 6.45) is 5.16. The molecule has 2 heterocycles. The van der Waals surface area contributed by atoms with Gasteiger partial charge in [-0.15, -0.1) is 0 Å². The van der Waals surface area contributed by atoms with E-state index in [1.54, 1.807) is 13.2 Å². The first-order chi connectivity index (χ1) is 7.18. The number of rotatable bonds is 3. The van der Waals surface area contributed by atoms with Gasteiger partial charge in [-0.05, 0) is 6.92 Å². The highest BCUT2D eigenvalue weighted by atomic mass is 16.2. The predicted octanol–water partition coefficient (Wildman–Crippen LogP) is -0.213. The molecule has 2 aromatic heterocycles. The maximum atomic E-state index is 11.5. The smallest absolute Gasteiger partial charge is 0.333 e. The van der Waals surface area contributed by atoms with Crippen molar-refractivity contribution < 1.29 is 0 Å². The maximum Gasteiger partial charge on any atom is 0.345 e. The van der Waals surface area contributed by atoms with E-state index in [9.17, 15) is 4.79 Å². The summed E-state index contributed by atoms with van der Waals surface area (Å²) in [7, 11) is 1.69. The van der Waals surface area contributed by atoms with Crippen molar-refractivity contribution >= 4 is 0 Å². The Bertz CT molecular complexity index is 507. The molecular weight excluding hydrogens is 194 g/mol.